The van der Waals surface area contributed by atoms with Crippen LogP contribution < -0.4 is 0 Å². The Labute approximate surface area is 163 Å². The molecule has 1 N–H and O–H groups in total. The summed E-state index contributed by atoms with van der Waals surface area (Å²) in [5.41, 5.74) is 4.43. The molecule has 0 amide bonds. The van der Waals surface area contributed by atoms with Gasteiger partial charge in [-0.25, -0.2) is 14.2 Å². The predicted molar refractivity (Wildman–Crippen MR) is 108 cm³/mol. The molecule has 1 aliphatic carbocycles. The molecule has 1 fully saturated rings. The van der Waals surface area contributed by atoms with Gasteiger partial charge in [0.2, 0.25) is 0 Å². The summed E-state index contributed by atoms with van der Waals surface area (Å²) in [6, 6.07) is 8.82. The van der Waals surface area contributed by atoms with Gasteiger partial charge in [0.05, 0.1) is 12.7 Å². The maximum absolute atomic E-state index is 14.6. The Kier molecular flexibility index (Phi) is 4.99. The minimum Gasteiger partial charge on any atom is -0.465 e. The number of ether oxygens (including phenoxy) is 1. The number of H-pyrrole nitrogens is 1. The highest BCUT2D eigenvalue weighted by molar-refractivity contribution is 5.91. The average molecular weight is 378 g/mol. The molecule has 0 atom stereocenters. The molecule has 0 spiro atoms. The van der Waals surface area contributed by atoms with Crippen LogP contribution in [-0.2, 0) is 4.74 Å². The fourth-order valence-corrected chi connectivity index (χ4v) is 3.93. The molecule has 0 unspecified atom stereocenters. The molecule has 1 saturated carbocycles. The average Bonchev–Trinajstić information content (AvgIpc) is 3.34. The molecule has 1 aromatic carbocycles. The number of halogens is 1. The van der Waals surface area contributed by atoms with Gasteiger partial charge in [0.25, 0.3) is 0 Å². The summed E-state index contributed by atoms with van der Waals surface area (Å²) in [4.78, 5) is 19.5. The van der Waals surface area contributed by atoms with Crippen LogP contribution in [-0.4, -0.2) is 23.0 Å². The number of aryl methyl sites for hydroxylation is 1. The van der Waals surface area contributed by atoms with Crippen molar-refractivity contribution in [2.45, 2.75) is 32.6 Å². The first kappa shape index (κ1) is 18.4. The van der Waals surface area contributed by atoms with Gasteiger partial charge in [-0.15, -0.1) is 0 Å². The van der Waals surface area contributed by atoms with Crippen molar-refractivity contribution in [3.63, 3.8) is 0 Å². The van der Waals surface area contributed by atoms with E-state index in [-0.39, 0.29) is 5.56 Å². The van der Waals surface area contributed by atoms with Crippen molar-refractivity contribution >= 4 is 22.6 Å². The third kappa shape index (κ3) is 3.57. The van der Waals surface area contributed by atoms with Crippen LogP contribution >= 0.6 is 0 Å². The quantitative estimate of drug-likeness (QED) is 0.617. The molecule has 1 aliphatic rings. The number of allylic oxidation sites excluding steroid dienone is 1. The Balaban J connectivity index is 1.81. The number of hydrogen-bond donors (Lipinski definition) is 1. The summed E-state index contributed by atoms with van der Waals surface area (Å²) < 4.78 is 19.2. The van der Waals surface area contributed by atoms with Crippen LogP contribution in [0, 0.1) is 18.7 Å². The van der Waals surface area contributed by atoms with Crippen LogP contribution in [0.3, 0.4) is 0 Å². The van der Waals surface area contributed by atoms with Crippen molar-refractivity contribution < 1.29 is 13.9 Å². The number of aromatic amines is 1. The Morgan fingerprint density at radius 1 is 1.25 bits per heavy atom. The van der Waals surface area contributed by atoms with Crippen molar-refractivity contribution in [1.29, 1.82) is 0 Å². The van der Waals surface area contributed by atoms with Gasteiger partial charge in [-0.05, 0) is 61.1 Å². The maximum Gasteiger partial charge on any atom is 0.340 e. The number of nitrogens with one attached hydrogen (secondary N) is 1. The zero-order chi connectivity index (χ0) is 19.7. The van der Waals surface area contributed by atoms with Crippen LogP contribution in [0.5, 0.6) is 0 Å². The molecule has 2 aromatic heterocycles. The molecule has 4 rings (SSSR count). The molecule has 0 aliphatic heterocycles. The molecule has 3 aromatic rings. The van der Waals surface area contributed by atoms with Crippen molar-refractivity contribution in [3.8, 4) is 0 Å². The SMILES string of the molecule is COC(=O)c1ccc(/C(=C/C2CCCC2)c2cc3cc(C)cnc3[nH]2)cc1F. The lowest BCUT2D eigenvalue weighted by atomic mass is 9.95. The number of aromatic nitrogens is 2. The second kappa shape index (κ2) is 7.58. The summed E-state index contributed by atoms with van der Waals surface area (Å²) in [7, 11) is 1.25. The van der Waals surface area contributed by atoms with Gasteiger partial charge in [0.1, 0.15) is 11.5 Å². The summed E-state index contributed by atoms with van der Waals surface area (Å²) >= 11 is 0. The van der Waals surface area contributed by atoms with E-state index in [2.05, 4.69) is 32.9 Å². The molecule has 0 bridgehead atoms. The Bertz CT molecular complexity index is 1060. The van der Waals surface area contributed by atoms with Gasteiger partial charge in [-0.3, -0.25) is 0 Å². The number of pyridine rings is 1. The number of rotatable bonds is 4. The first-order valence-corrected chi connectivity index (χ1v) is 9.61. The number of carbonyl (C=O) groups is 1. The van der Waals surface area contributed by atoms with Gasteiger partial charge in [0, 0.05) is 22.9 Å². The number of hydrogen-bond acceptors (Lipinski definition) is 3. The Morgan fingerprint density at radius 3 is 2.75 bits per heavy atom. The lowest BCUT2D eigenvalue weighted by molar-refractivity contribution is 0.0595. The third-order valence-corrected chi connectivity index (χ3v) is 5.38. The van der Waals surface area contributed by atoms with E-state index >= 15 is 0 Å². The molecule has 0 saturated heterocycles. The Morgan fingerprint density at radius 2 is 2.04 bits per heavy atom. The van der Waals surface area contributed by atoms with Gasteiger partial charge in [0.15, 0.2) is 0 Å². The van der Waals surface area contributed by atoms with Gasteiger partial charge < -0.3 is 9.72 Å². The molecule has 28 heavy (non-hydrogen) atoms. The fourth-order valence-electron chi connectivity index (χ4n) is 3.93. The topological polar surface area (TPSA) is 55.0 Å². The standard InChI is InChI=1S/C23H23FN2O2/c1-14-9-17-12-21(26-22(17)25-13-14)19(10-15-5-3-4-6-15)16-7-8-18(20(24)11-16)23(27)28-2/h7-13,15H,3-6H2,1-2H3,(H,25,26)/b19-10-. The second-order valence-corrected chi connectivity index (χ2v) is 7.44. The number of benzene rings is 1. The minimum absolute atomic E-state index is 0.0552. The van der Waals surface area contributed by atoms with Crippen molar-refractivity contribution in [1.82, 2.24) is 9.97 Å². The molecule has 0 radical (unpaired) electrons. The third-order valence-electron chi connectivity index (χ3n) is 5.38. The van der Waals surface area contributed by atoms with E-state index in [1.165, 1.54) is 32.1 Å². The van der Waals surface area contributed by atoms with E-state index in [1.54, 1.807) is 6.07 Å². The highest BCUT2D eigenvalue weighted by Crippen LogP contribution is 2.33. The second-order valence-electron chi connectivity index (χ2n) is 7.44. The summed E-state index contributed by atoms with van der Waals surface area (Å²) in [6.07, 6.45) is 8.79. The lowest BCUT2D eigenvalue weighted by Gasteiger charge is -2.11. The lowest BCUT2D eigenvalue weighted by Crippen LogP contribution is -2.05. The first-order valence-electron chi connectivity index (χ1n) is 9.61. The molecule has 144 valence electrons. The zero-order valence-electron chi connectivity index (χ0n) is 16.1. The summed E-state index contributed by atoms with van der Waals surface area (Å²) in [6.45, 7) is 2.01. The highest BCUT2D eigenvalue weighted by atomic mass is 19.1. The maximum atomic E-state index is 14.6. The molecule has 4 nitrogen and oxygen atoms in total. The number of carbonyl (C=O) groups excluding carboxylic acids is 1. The monoisotopic (exact) mass is 378 g/mol. The van der Waals surface area contributed by atoms with Crippen molar-refractivity contribution in [2.24, 2.45) is 5.92 Å². The smallest absolute Gasteiger partial charge is 0.340 e. The van der Waals surface area contributed by atoms with Gasteiger partial charge >= 0.3 is 5.97 Å². The predicted octanol–water partition coefficient (Wildman–Crippen LogP) is 5.42. The number of nitrogens with zero attached hydrogens (tertiary/aromatic N) is 1. The van der Waals surface area contributed by atoms with Gasteiger partial charge in [-0.1, -0.05) is 25.0 Å². The van der Waals surface area contributed by atoms with Crippen LogP contribution in [0.25, 0.3) is 16.6 Å². The minimum atomic E-state index is -0.671. The van der Waals surface area contributed by atoms with Gasteiger partial charge in [-0.2, -0.15) is 0 Å². The molecular weight excluding hydrogens is 355 g/mol. The summed E-state index contributed by atoms with van der Waals surface area (Å²) in [5.74, 6) is -0.776. The van der Waals surface area contributed by atoms with Crippen LogP contribution in [0.1, 0.15) is 52.9 Å². The number of esters is 1. The van der Waals surface area contributed by atoms with Crippen molar-refractivity contribution in [3.05, 3.63) is 70.8 Å². The largest absolute Gasteiger partial charge is 0.465 e. The fraction of sp³-hybridized carbons (Fsp3) is 0.304. The van der Waals surface area contributed by atoms with E-state index in [1.807, 2.05) is 13.1 Å². The van der Waals surface area contributed by atoms with E-state index in [4.69, 9.17) is 0 Å². The van der Waals surface area contributed by atoms with Crippen molar-refractivity contribution in [2.75, 3.05) is 7.11 Å². The normalized spacial score (nSPS) is 15.3. The van der Waals surface area contributed by atoms with Crippen LogP contribution in [0.4, 0.5) is 4.39 Å². The highest BCUT2D eigenvalue weighted by Gasteiger charge is 2.19. The molecule has 2 heterocycles. The van der Waals surface area contributed by atoms with Crippen LogP contribution in [0.2, 0.25) is 0 Å². The first-order chi connectivity index (χ1) is 13.5. The van der Waals surface area contributed by atoms with E-state index in [9.17, 15) is 9.18 Å². The zero-order valence-corrected chi connectivity index (χ0v) is 16.1. The number of methoxy groups -OCH3 is 1. The van der Waals surface area contributed by atoms with E-state index in [0.717, 1.165) is 46.3 Å². The Hall–Kier alpha value is -2.95. The summed E-state index contributed by atoms with van der Waals surface area (Å²) in [5, 5.41) is 1.03. The number of fused-ring (bicyclic) bond motifs is 1. The molecular formula is C23H23FN2O2. The van der Waals surface area contributed by atoms with E-state index < -0.39 is 11.8 Å². The van der Waals surface area contributed by atoms with E-state index in [0.29, 0.717) is 5.92 Å². The van der Waals surface area contributed by atoms with Crippen LogP contribution in [0.15, 0.2) is 42.6 Å². The molecule has 5 heteroatoms.